The molecule has 5 nitrogen and oxygen atoms in total. The number of nitrogens with one attached hydrogen (secondary N) is 1. The molecule has 0 bridgehead atoms. The van der Waals surface area contributed by atoms with Gasteiger partial charge in [-0.25, -0.2) is 13.1 Å². The molecule has 0 heterocycles. The molecule has 0 saturated heterocycles. The molecule has 1 aromatic rings. The highest BCUT2D eigenvalue weighted by molar-refractivity contribution is 7.92. The maximum atomic E-state index is 11.5. The molecule has 6 heteroatoms. The fourth-order valence-corrected chi connectivity index (χ4v) is 2.00. The van der Waals surface area contributed by atoms with Crippen LogP contribution >= 0.6 is 0 Å². The van der Waals surface area contributed by atoms with Crippen molar-refractivity contribution in [3.05, 3.63) is 41.3 Å². The number of carbonyl (C=O) groups excluding carboxylic acids is 1. The lowest BCUT2D eigenvalue weighted by Gasteiger charge is -2.01. The number of rotatable bonds is 6. The van der Waals surface area contributed by atoms with Crippen molar-refractivity contribution >= 4 is 22.1 Å². The van der Waals surface area contributed by atoms with Gasteiger partial charge in [0.25, 0.3) is 0 Å². The molecule has 0 saturated carbocycles. The number of carbonyl (C=O) groups is 1. The Balaban J connectivity index is 2.50. The molecule has 0 aliphatic carbocycles. The highest BCUT2D eigenvalue weighted by atomic mass is 32.2. The van der Waals surface area contributed by atoms with Crippen LogP contribution in [0.3, 0.4) is 0 Å². The molecule has 1 aromatic carbocycles. The summed E-state index contributed by atoms with van der Waals surface area (Å²) in [4.78, 5) is 10.8. The van der Waals surface area contributed by atoms with E-state index in [0.717, 1.165) is 11.0 Å². The Kier molecular flexibility index (Phi) is 5.54. The van der Waals surface area contributed by atoms with Gasteiger partial charge in [0.15, 0.2) is 0 Å². The molecular weight excluding hydrogens is 254 g/mol. The van der Waals surface area contributed by atoms with E-state index in [-0.39, 0.29) is 13.0 Å². The highest BCUT2D eigenvalue weighted by Gasteiger charge is 2.06. The molecule has 0 radical (unpaired) electrons. The van der Waals surface area contributed by atoms with E-state index in [1.54, 1.807) is 12.1 Å². The second kappa shape index (κ2) is 6.93. The predicted octanol–water partition coefficient (Wildman–Crippen LogP) is 1.14. The second-order valence-electron chi connectivity index (χ2n) is 3.48. The predicted molar refractivity (Wildman–Crippen MR) is 69.0 cm³/mol. The van der Waals surface area contributed by atoms with Crippen molar-refractivity contribution in [2.75, 3.05) is 13.7 Å². The van der Waals surface area contributed by atoms with Crippen LogP contribution in [0.15, 0.2) is 35.7 Å². The molecule has 0 fully saturated rings. The van der Waals surface area contributed by atoms with Crippen LogP contribution in [0.4, 0.5) is 0 Å². The Morgan fingerprint density at radius 3 is 2.61 bits per heavy atom. The minimum absolute atomic E-state index is 0.00884. The summed E-state index contributed by atoms with van der Waals surface area (Å²) in [5.74, 6) is -0.454. The zero-order chi connectivity index (χ0) is 13.4. The summed E-state index contributed by atoms with van der Waals surface area (Å²) >= 11 is 0. The van der Waals surface area contributed by atoms with Gasteiger partial charge in [-0.2, -0.15) is 0 Å². The third-order valence-electron chi connectivity index (χ3n) is 2.10. The van der Waals surface area contributed by atoms with Crippen LogP contribution in [0.1, 0.15) is 12.0 Å². The van der Waals surface area contributed by atoms with Gasteiger partial charge in [0.2, 0.25) is 10.0 Å². The Labute approximate surface area is 107 Å². The fourth-order valence-electron chi connectivity index (χ4n) is 1.18. The first kappa shape index (κ1) is 14.4. The van der Waals surface area contributed by atoms with Gasteiger partial charge in [0.1, 0.15) is 0 Å². The molecule has 0 atom stereocenters. The molecule has 0 unspecified atom stereocenters. The third-order valence-corrected chi connectivity index (χ3v) is 3.20. The van der Waals surface area contributed by atoms with Crippen LogP contribution in [0.5, 0.6) is 0 Å². The van der Waals surface area contributed by atoms with Crippen LogP contribution in [0.25, 0.3) is 6.08 Å². The minimum Gasteiger partial charge on any atom is -0.469 e. The van der Waals surface area contributed by atoms with Gasteiger partial charge in [-0.3, -0.25) is 4.79 Å². The second-order valence-corrected chi connectivity index (χ2v) is 5.13. The summed E-state index contributed by atoms with van der Waals surface area (Å²) in [6.07, 6.45) is 1.50. The van der Waals surface area contributed by atoms with Gasteiger partial charge in [-0.15, -0.1) is 0 Å². The first-order chi connectivity index (χ1) is 8.53. The molecule has 0 amide bonds. The summed E-state index contributed by atoms with van der Waals surface area (Å²) < 4.78 is 29.7. The maximum Gasteiger partial charge on any atom is 0.306 e. The van der Waals surface area contributed by atoms with Gasteiger partial charge in [0.05, 0.1) is 13.5 Å². The Bertz CT molecular complexity index is 508. The molecule has 0 aromatic heterocycles. The lowest BCUT2D eigenvalue weighted by Crippen LogP contribution is -2.24. The molecular formula is C12H15NO4S. The zero-order valence-electron chi connectivity index (χ0n) is 10.00. The average Bonchev–Trinajstić information content (AvgIpc) is 2.37. The van der Waals surface area contributed by atoms with Crippen LogP contribution in [0.2, 0.25) is 0 Å². The van der Waals surface area contributed by atoms with Gasteiger partial charge >= 0.3 is 5.97 Å². The molecule has 0 aliphatic heterocycles. The molecule has 1 N–H and O–H groups in total. The van der Waals surface area contributed by atoms with Gasteiger partial charge < -0.3 is 4.74 Å². The Morgan fingerprint density at radius 2 is 2.00 bits per heavy atom. The summed E-state index contributed by atoms with van der Waals surface area (Å²) in [6, 6.07) is 9.06. The number of sulfonamides is 1. The molecule has 98 valence electrons. The number of benzene rings is 1. The van der Waals surface area contributed by atoms with Crippen molar-refractivity contribution < 1.29 is 17.9 Å². The van der Waals surface area contributed by atoms with Crippen molar-refractivity contribution in [3.8, 4) is 0 Å². The fraction of sp³-hybridized carbons (Fsp3) is 0.250. The topological polar surface area (TPSA) is 72.5 Å². The lowest BCUT2D eigenvalue weighted by atomic mass is 10.2. The summed E-state index contributed by atoms with van der Waals surface area (Å²) in [7, 11) is -2.27. The number of hydrogen-bond acceptors (Lipinski definition) is 4. The van der Waals surface area contributed by atoms with E-state index in [2.05, 4.69) is 9.46 Å². The Morgan fingerprint density at radius 1 is 1.33 bits per heavy atom. The van der Waals surface area contributed by atoms with E-state index in [1.807, 2.05) is 18.2 Å². The van der Waals surface area contributed by atoms with Crippen molar-refractivity contribution in [3.63, 3.8) is 0 Å². The standard InChI is InChI=1S/C12H15NO4S/c1-17-12(14)7-9-13-18(15,16)10-8-11-5-3-2-4-6-11/h2-6,8,10,13H,7,9H2,1H3/b10-8+. The van der Waals surface area contributed by atoms with Gasteiger partial charge in [-0.1, -0.05) is 30.3 Å². The van der Waals surface area contributed by atoms with E-state index < -0.39 is 16.0 Å². The number of methoxy groups -OCH3 is 1. The molecule has 0 spiro atoms. The number of ether oxygens (including phenoxy) is 1. The largest absolute Gasteiger partial charge is 0.469 e. The SMILES string of the molecule is COC(=O)CCNS(=O)(=O)/C=C/c1ccccc1. The number of hydrogen-bond donors (Lipinski definition) is 1. The molecule has 1 rings (SSSR count). The first-order valence-electron chi connectivity index (χ1n) is 5.33. The van der Waals surface area contributed by atoms with Gasteiger partial charge in [0, 0.05) is 12.0 Å². The molecule has 0 aliphatic rings. The zero-order valence-corrected chi connectivity index (χ0v) is 10.8. The average molecular weight is 269 g/mol. The first-order valence-corrected chi connectivity index (χ1v) is 6.88. The van der Waals surface area contributed by atoms with Crippen LogP contribution in [0, 0.1) is 0 Å². The third kappa shape index (κ3) is 5.60. The van der Waals surface area contributed by atoms with Crippen molar-refractivity contribution in [1.29, 1.82) is 0 Å². The summed E-state index contributed by atoms with van der Waals surface area (Å²) in [6.45, 7) is 0.0220. The van der Waals surface area contributed by atoms with Crippen molar-refractivity contribution in [1.82, 2.24) is 4.72 Å². The lowest BCUT2D eigenvalue weighted by molar-refractivity contribution is -0.140. The normalized spacial score (nSPS) is 11.6. The van der Waals surface area contributed by atoms with Crippen LogP contribution in [-0.4, -0.2) is 28.0 Å². The quantitative estimate of drug-likeness (QED) is 0.786. The van der Waals surface area contributed by atoms with E-state index in [1.165, 1.54) is 13.2 Å². The summed E-state index contributed by atoms with van der Waals surface area (Å²) in [5, 5.41) is 1.07. The van der Waals surface area contributed by atoms with Crippen LogP contribution < -0.4 is 4.72 Å². The smallest absolute Gasteiger partial charge is 0.306 e. The highest BCUT2D eigenvalue weighted by Crippen LogP contribution is 2.02. The van der Waals surface area contributed by atoms with E-state index >= 15 is 0 Å². The maximum absolute atomic E-state index is 11.5. The van der Waals surface area contributed by atoms with E-state index in [0.29, 0.717) is 0 Å². The van der Waals surface area contributed by atoms with Gasteiger partial charge in [-0.05, 0) is 11.6 Å². The minimum atomic E-state index is -3.52. The number of esters is 1. The van der Waals surface area contributed by atoms with E-state index in [4.69, 9.17) is 0 Å². The monoisotopic (exact) mass is 269 g/mol. The summed E-state index contributed by atoms with van der Waals surface area (Å²) in [5.41, 5.74) is 0.788. The van der Waals surface area contributed by atoms with Crippen LogP contribution in [-0.2, 0) is 19.6 Å². The Hall–Kier alpha value is -1.66. The van der Waals surface area contributed by atoms with E-state index in [9.17, 15) is 13.2 Å². The van der Waals surface area contributed by atoms with Crippen molar-refractivity contribution in [2.24, 2.45) is 0 Å². The molecule has 18 heavy (non-hydrogen) atoms. The van der Waals surface area contributed by atoms with Crippen molar-refractivity contribution in [2.45, 2.75) is 6.42 Å².